The topological polar surface area (TPSA) is 44.4 Å². The van der Waals surface area contributed by atoms with E-state index in [9.17, 15) is 4.79 Å². The molecule has 0 saturated heterocycles. The third-order valence-corrected chi connectivity index (χ3v) is 2.56. The van der Waals surface area contributed by atoms with Crippen molar-refractivity contribution >= 4 is 5.91 Å². The minimum absolute atomic E-state index is 0.0897. The van der Waals surface area contributed by atoms with E-state index < -0.39 is 0 Å². The molecule has 0 bridgehead atoms. The molecule has 1 unspecified atom stereocenters. The van der Waals surface area contributed by atoms with Gasteiger partial charge in [-0.3, -0.25) is 4.79 Å². The van der Waals surface area contributed by atoms with E-state index in [0.29, 0.717) is 5.92 Å². The first-order chi connectivity index (χ1) is 7.93. The smallest absolute Gasteiger partial charge is 0.236 e. The average molecular weight is 243 g/mol. The van der Waals surface area contributed by atoms with Crippen LogP contribution >= 0.6 is 0 Å². The number of hydrogen-bond acceptors (Lipinski definition) is 3. The predicted octanol–water partition coefficient (Wildman–Crippen LogP) is 1.08. The van der Waals surface area contributed by atoms with Crippen molar-refractivity contribution in [2.75, 3.05) is 33.7 Å². The lowest BCUT2D eigenvalue weighted by atomic mass is 10.2. The van der Waals surface area contributed by atoms with E-state index in [4.69, 9.17) is 0 Å². The molecule has 0 rings (SSSR count). The SMILES string of the molecule is CC(C)CNC(=O)C(C)NCCCCN(C)C. The molecule has 4 heteroatoms. The van der Waals surface area contributed by atoms with Gasteiger partial charge >= 0.3 is 0 Å². The van der Waals surface area contributed by atoms with Gasteiger partial charge in [0, 0.05) is 6.54 Å². The molecule has 0 saturated carbocycles. The van der Waals surface area contributed by atoms with Crippen molar-refractivity contribution in [2.45, 2.75) is 39.7 Å². The van der Waals surface area contributed by atoms with Crippen molar-refractivity contribution in [1.82, 2.24) is 15.5 Å². The van der Waals surface area contributed by atoms with Gasteiger partial charge in [-0.1, -0.05) is 13.8 Å². The summed E-state index contributed by atoms with van der Waals surface area (Å²) in [5.74, 6) is 0.609. The van der Waals surface area contributed by atoms with Crippen molar-refractivity contribution in [3.8, 4) is 0 Å². The van der Waals surface area contributed by atoms with Gasteiger partial charge in [0.15, 0.2) is 0 Å². The van der Waals surface area contributed by atoms with Gasteiger partial charge in [-0.15, -0.1) is 0 Å². The van der Waals surface area contributed by atoms with E-state index in [-0.39, 0.29) is 11.9 Å². The summed E-state index contributed by atoms with van der Waals surface area (Å²) in [6.07, 6.45) is 2.28. The van der Waals surface area contributed by atoms with Crippen LogP contribution in [0.1, 0.15) is 33.6 Å². The molecule has 0 aliphatic carbocycles. The molecule has 0 aromatic heterocycles. The Hall–Kier alpha value is -0.610. The third-order valence-electron chi connectivity index (χ3n) is 2.56. The molecule has 102 valence electrons. The molecule has 0 spiro atoms. The van der Waals surface area contributed by atoms with E-state index in [1.807, 2.05) is 6.92 Å². The first-order valence-electron chi connectivity index (χ1n) is 6.59. The second kappa shape index (κ2) is 9.42. The fraction of sp³-hybridized carbons (Fsp3) is 0.923. The van der Waals surface area contributed by atoms with E-state index in [1.165, 1.54) is 6.42 Å². The Labute approximate surface area is 106 Å². The molecule has 0 aliphatic heterocycles. The zero-order valence-corrected chi connectivity index (χ0v) is 12.0. The standard InChI is InChI=1S/C13H29N3O/c1-11(2)10-15-13(17)12(3)14-8-6-7-9-16(4)5/h11-12,14H,6-10H2,1-5H3,(H,15,17). The summed E-state index contributed by atoms with van der Waals surface area (Å²) in [5, 5.41) is 6.18. The predicted molar refractivity (Wildman–Crippen MR) is 73.1 cm³/mol. The Morgan fingerprint density at radius 3 is 2.35 bits per heavy atom. The van der Waals surface area contributed by atoms with E-state index >= 15 is 0 Å². The number of carbonyl (C=O) groups excluding carboxylic acids is 1. The van der Waals surface area contributed by atoms with Crippen LogP contribution < -0.4 is 10.6 Å². The summed E-state index contributed by atoms with van der Waals surface area (Å²) < 4.78 is 0. The normalized spacial score (nSPS) is 13.1. The van der Waals surface area contributed by atoms with Gasteiger partial charge < -0.3 is 15.5 Å². The fourth-order valence-corrected chi connectivity index (χ4v) is 1.42. The molecule has 0 aliphatic rings. The van der Waals surface area contributed by atoms with Gasteiger partial charge in [0.05, 0.1) is 6.04 Å². The van der Waals surface area contributed by atoms with Crippen LogP contribution in [0.3, 0.4) is 0 Å². The van der Waals surface area contributed by atoms with Crippen molar-refractivity contribution in [3.63, 3.8) is 0 Å². The summed E-state index contributed by atoms with van der Waals surface area (Å²) in [6.45, 7) is 8.88. The molecular formula is C13H29N3O. The third kappa shape index (κ3) is 10.3. The summed E-state index contributed by atoms with van der Waals surface area (Å²) >= 11 is 0. The maximum atomic E-state index is 11.6. The van der Waals surface area contributed by atoms with Crippen molar-refractivity contribution in [2.24, 2.45) is 5.92 Å². The van der Waals surface area contributed by atoms with Crippen molar-refractivity contribution in [1.29, 1.82) is 0 Å². The molecular weight excluding hydrogens is 214 g/mol. The van der Waals surface area contributed by atoms with Crippen LogP contribution in [0, 0.1) is 5.92 Å². The Kier molecular flexibility index (Phi) is 9.09. The van der Waals surface area contributed by atoms with Crippen LogP contribution in [0.5, 0.6) is 0 Å². The Balaban J connectivity index is 3.50. The van der Waals surface area contributed by atoms with Gasteiger partial charge in [0.1, 0.15) is 0 Å². The number of rotatable bonds is 9. The van der Waals surface area contributed by atoms with Crippen LogP contribution in [0.4, 0.5) is 0 Å². The highest BCUT2D eigenvalue weighted by Crippen LogP contribution is 1.92. The maximum absolute atomic E-state index is 11.6. The molecule has 1 amide bonds. The lowest BCUT2D eigenvalue weighted by molar-refractivity contribution is -0.122. The molecule has 0 aromatic rings. The van der Waals surface area contributed by atoms with Gasteiger partial charge in [0.2, 0.25) is 5.91 Å². The molecule has 0 heterocycles. The van der Waals surface area contributed by atoms with Crippen molar-refractivity contribution in [3.05, 3.63) is 0 Å². The second-order valence-electron chi connectivity index (χ2n) is 5.33. The van der Waals surface area contributed by atoms with E-state index in [0.717, 1.165) is 26.1 Å². The first-order valence-corrected chi connectivity index (χ1v) is 6.59. The van der Waals surface area contributed by atoms with Crippen LogP contribution in [0.25, 0.3) is 0 Å². The summed E-state index contributed by atoms with van der Waals surface area (Å²) in [5.41, 5.74) is 0. The molecule has 4 nitrogen and oxygen atoms in total. The zero-order valence-electron chi connectivity index (χ0n) is 12.0. The second-order valence-corrected chi connectivity index (χ2v) is 5.33. The summed E-state index contributed by atoms with van der Waals surface area (Å²) in [6, 6.07) is -0.0897. The number of unbranched alkanes of at least 4 members (excludes halogenated alkanes) is 1. The Morgan fingerprint density at radius 2 is 1.82 bits per heavy atom. The number of carbonyl (C=O) groups is 1. The monoisotopic (exact) mass is 243 g/mol. The van der Waals surface area contributed by atoms with E-state index in [1.54, 1.807) is 0 Å². The summed E-state index contributed by atoms with van der Waals surface area (Å²) in [7, 11) is 4.16. The average Bonchev–Trinajstić information content (AvgIpc) is 2.24. The van der Waals surface area contributed by atoms with Crippen LogP contribution in [0.2, 0.25) is 0 Å². The Morgan fingerprint density at radius 1 is 1.18 bits per heavy atom. The largest absolute Gasteiger partial charge is 0.354 e. The molecule has 1 atom stereocenters. The lowest BCUT2D eigenvalue weighted by Crippen LogP contribution is -2.43. The van der Waals surface area contributed by atoms with E-state index in [2.05, 4.69) is 43.5 Å². The fourth-order valence-electron chi connectivity index (χ4n) is 1.42. The highest BCUT2D eigenvalue weighted by molar-refractivity contribution is 5.81. The number of nitrogens with zero attached hydrogens (tertiary/aromatic N) is 1. The lowest BCUT2D eigenvalue weighted by Gasteiger charge is -2.15. The zero-order chi connectivity index (χ0) is 13.3. The number of hydrogen-bond donors (Lipinski definition) is 2. The number of amides is 1. The quantitative estimate of drug-likeness (QED) is 0.596. The first kappa shape index (κ1) is 16.4. The molecule has 0 fully saturated rings. The van der Waals surface area contributed by atoms with Gasteiger partial charge in [-0.2, -0.15) is 0 Å². The minimum atomic E-state index is -0.0897. The summed E-state index contributed by atoms with van der Waals surface area (Å²) in [4.78, 5) is 13.8. The Bertz CT molecular complexity index is 205. The maximum Gasteiger partial charge on any atom is 0.236 e. The van der Waals surface area contributed by atoms with Crippen LogP contribution in [-0.4, -0.2) is 50.6 Å². The minimum Gasteiger partial charge on any atom is -0.354 e. The molecule has 17 heavy (non-hydrogen) atoms. The highest BCUT2D eigenvalue weighted by Gasteiger charge is 2.11. The van der Waals surface area contributed by atoms with Crippen LogP contribution in [0.15, 0.2) is 0 Å². The molecule has 0 aromatic carbocycles. The van der Waals surface area contributed by atoms with Gasteiger partial charge in [-0.05, 0) is 52.9 Å². The van der Waals surface area contributed by atoms with Gasteiger partial charge in [0.25, 0.3) is 0 Å². The van der Waals surface area contributed by atoms with Crippen molar-refractivity contribution < 1.29 is 4.79 Å². The van der Waals surface area contributed by atoms with Gasteiger partial charge in [-0.25, -0.2) is 0 Å². The van der Waals surface area contributed by atoms with Crippen LogP contribution in [-0.2, 0) is 4.79 Å². The highest BCUT2D eigenvalue weighted by atomic mass is 16.2. The number of nitrogens with one attached hydrogen (secondary N) is 2. The molecule has 2 N–H and O–H groups in total. The molecule has 0 radical (unpaired) electrons.